The van der Waals surface area contributed by atoms with Crippen LogP contribution in [0, 0.1) is 11.6 Å². The minimum Gasteiger partial charge on any atom is -0.340 e. The Kier molecular flexibility index (Phi) is 5.43. The summed E-state index contributed by atoms with van der Waals surface area (Å²) in [6.45, 7) is 0. The molecule has 0 saturated carbocycles. The predicted octanol–water partition coefficient (Wildman–Crippen LogP) is 5.42. The third kappa shape index (κ3) is 4.64. The Hall–Kier alpha value is -4.13. The molecule has 0 bridgehead atoms. The summed E-state index contributed by atoms with van der Waals surface area (Å²) in [6.07, 6.45) is 1.42. The van der Waals surface area contributed by atoms with Crippen molar-refractivity contribution in [1.82, 2.24) is 9.97 Å². The van der Waals surface area contributed by atoms with E-state index in [1.54, 1.807) is 48.5 Å². The number of hydrogen-bond donors (Lipinski definition) is 2. The molecule has 148 valence electrons. The Balaban J connectivity index is 1.45. The molecular formula is C23H16F2N4O. The van der Waals surface area contributed by atoms with Crippen molar-refractivity contribution in [1.29, 1.82) is 0 Å². The van der Waals surface area contributed by atoms with Crippen LogP contribution in [0.3, 0.4) is 0 Å². The highest BCUT2D eigenvalue weighted by molar-refractivity contribution is 6.04. The Morgan fingerprint density at radius 3 is 2.27 bits per heavy atom. The summed E-state index contributed by atoms with van der Waals surface area (Å²) in [7, 11) is 0. The highest BCUT2D eigenvalue weighted by Gasteiger charge is 2.08. The molecule has 2 N–H and O–H groups in total. The van der Waals surface area contributed by atoms with E-state index in [1.165, 1.54) is 36.7 Å². The molecule has 0 aliphatic carbocycles. The lowest BCUT2D eigenvalue weighted by molar-refractivity contribution is 0.102. The fraction of sp³-hybridized carbons (Fsp3) is 0. The number of hydrogen-bond acceptors (Lipinski definition) is 4. The molecule has 3 aromatic carbocycles. The molecule has 0 atom stereocenters. The van der Waals surface area contributed by atoms with Crippen molar-refractivity contribution in [2.24, 2.45) is 0 Å². The molecule has 1 aromatic heterocycles. The average molecular weight is 402 g/mol. The van der Waals surface area contributed by atoms with Crippen LogP contribution in [0.5, 0.6) is 0 Å². The van der Waals surface area contributed by atoms with Crippen LogP contribution in [0.1, 0.15) is 10.4 Å². The summed E-state index contributed by atoms with van der Waals surface area (Å²) < 4.78 is 26.4. The molecule has 1 heterocycles. The van der Waals surface area contributed by atoms with Crippen LogP contribution >= 0.6 is 0 Å². The monoisotopic (exact) mass is 402 g/mol. The van der Waals surface area contributed by atoms with Crippen LogP contribution in [0.4, 0.5) is 26.0 Å². The van der Waals surface area contributed by atoms with Crippen molar-refractivity contribution in [3.05, 3.63) is 102 Å². The fourth-order valence-electron chi connectivity index (χ4n) is 2.83. The van der Waals surface area contributed by atoms with E-state index in [2.05, 4.69) is 20.6 Å². The Labute approximate surface area is 171 Å². The SMILES string of the molecule is O=C(Nc1cccc(F)c1)c1ccc(Nc2cc(-c3ccc(F)cc3)ncn2)cc1. The molecule has 0 saturated heterocycles. The predicted molar refractivity (Wildman–Crippen MR) is 112 cm³/mol. The minimum absolute atomic E-state index is 0.312. The molecule has 0 fully saturated rings. The molecule has 5 nitrogen and oxygen atoms in total. The Bertz CT molecular complexity index is 1180. The van der Waals surface area contributed by atoms with Crippen molar-refractivity contribution in [3.63, 3.8) is 0 Å². The molecular weight excluding hydrogens is 386 g/mol. The van der Waals surface area contributed by atoms with Gasteiger partial charge in [0, 0.05) is 28.6 Å². The lowest BCUT2D eigenvalue weighted by Gasteiger charge is -2.09. The topological polar surface area (TPSA) is 66.9 Å². The van der Waals surface area contributed by atoms with Crippen LogP contribution in [0.15, 0.2) is 85.2 Å². The maximum absolute atomic E-state index is 13.2. The zero-order valence-electron chi connectivity index (χ0n) is 15.6. The number of carbonyl (C=O) groups is 1. The molecule has 4 rings (SSSR count). The van der Waals surface area contributed by atoms with Gasteiger partial charge in [0.25, 0.3) is 5.91 Å². The summed E-state index contributed by atoms with van der Waals surface area (Å²) in [5.74, 6) is -0.515. The zero-order chi connectivity index (χ0) is 20.9. The molecule has 4 aromatic rings. The first-order valence-electron chi connectivity index (χ1n) is 9.09. The van der Waals surface area contributed by atoms with Gasteiger partial charge >= 0.3 is 0 Å². The van der Waals surface area contributed by atoms with Crippen LogP contribution in [-0.4, -0.2) is 15.9 Å². The maximum atomic E-state index is 13.2. The number of benzene rings is 3. The third-order valence-corrected chi connectivity index (χ3v) is 4.31. The first kappa shape index (κ1) is 19.2. The van der Waals surface area contributed by atoms with Crippen LogP contribution < -0.4 is 10.6 Å². The standard InChI is InChI=1S/C23H16F2N4O/c24-17-8-4-15(5-9-17)21-13-22(27-14-26-21)28-19-10-6-16(7-11-19)23(30)29-20-3-1-2-18(25)12-20/h1-14H,(H,29,30)(H,26,27,28). The van der Waals surface area contributed by atoms with Gasteiger partial charge in [-0.2, -0.15) is 0 Å². The number of anilines is 3. The second kappa shape index (κ2) is 8.48. The molecule has 0 radical (unpaired) electrons. The second-order valence-corrected chi connectivity index (χ2v) is 6.46. The Morgan fingerprint density at radius 2 is 1.53 bits per heavy atom. The van der Waals surface area contributed by atoms with Gasteiger partial charge in [0.15, 0.2) is 0 Å². The van der Waals surface area contributed by atoms with Gasteiger partial charge in [-0.05, 0) is 66.7 Å². The lowest BCUT2D eigenvalue weighted by Crippen LogP contribution is -2.11. The smallest absolute Gasteiger partial charge is 0.255 e. The van der Waals surface area contributed by atoms with E-state index in [1.807, 2.05) is 0 Å². The first-order valence-corrected chi connectivity index (χ1v) is 9.09. The van der Waals surface area contributed by atoms with Gasteiger partial charge < -0.3 is 10.6 Å². The van der Waals surface area contributed by atoms with E-state index < -0.39 is 5.82 Å². The van der Waals surface area contributed by atoms with Gasteiger partial charge in [-0.1, -0.05) is 6.07 Å². The number of nitrogens with zero attached hydrogens (tertiary/aromatic N) is 2. The summed E-state index contributed by atoms with van der Waals surface area (Å²) in [4.78, 5) is 20.7. The quantitative estimate of drug-likeness (QED) is 0.468. The van der Waals surface area contributed by atoms with E-state index >= 15 is 0 Å². The van der Waals surface area contributed by atoms with Gasteiger partial charge in [-0.3, -0.25) is 4.79 Å². The zero-order valence-corrected chi connectivity index (χ0v) is 15.6. The summed E-state index contributed by atoms with van der Waals surface area (Å²) >= 11 is 0. The molecule has 0 aliphatic rings. The fourth-order valence-corrected chi connectivity index (χ4v) is 2.83. The lowest BCUT2D eigenvalue weighted by atomic mass is 10.1. The molecule has 7 heteroatoms. The van der Waals surface area contributed by atoms with Crippen molar-refractivity contribution in [2.75, 3.05) is 10.6 Å². The summed E-state index contributed by atoms with van der Waals surface area (Å²) in [5.41, 5.74) is 2.96. The number of halogens is 2. The van der Waals surface area contributed by atoms with Crippen LogP contribution in [0.2, 0.25) is 0 Å². The largest absolute Gasteiger partial charge is 0.340 e. The van der Waals surface area contributed by atoms with E-state index in [9.17, 15) is 13.6 Å². The molecule has 0 spiro atoms. The van der Waals surface area contributed by atoms with Crippen molar-refractivity contribution in [3.8, 4) is 11.3 Å². The minimum atomic E-state index is -0.419. The third-order valence-electron chi connectivity index (χ3n) is 4.31. The normalized spacial score (nSPS) is 10.5. The molecule has 0 aliphatic heterocycles. The molecule has 1 amide bonds. The Morgan fingerprint density at radius 1 is 0.767 bits per heavy atom. The molecule has 30 heavy (non-hydrogen) atoms. The average Bonchev–Trinajstić information content (AvgIpc) is 2.75. The van der Waals surface area contributed by atoms with Gasteiger partial charge in [-0.25, -0.2) is 18.7 Å². The summed E-state index contributed by atoms with van der Waals surface area (Å²) in [5, 5.41) is 5.79. The van der Waals surface area contributed by atoms with E-state index in [4.69, 9.17) is 0 Å². The van der Waals surface area contributed by atoms with Gasteiger partial charge in [0.05, 0.1) is 5.69 Å². The number of nitrogens with one attached hydrogen (secondary N) is 2. The number of rotatable bonds is 5. The highest BCUT2D eigenvalue weighted by Crippen LogP contribution is 2.22. The van der Waals surface area contributed by atoms with Crippen molar-refractivity contribution < 1.29 is 13.6 Å². The van der Waals surface area contributed by atoms with Crippen LogP contribution in [0.25, 0.3) is 11.3 Å². The second-order valence-electron chi connectivity index (χ2n) is 6.46. The van der Waals surface area contributed by atoms with Gasteiger partial charge in [0.1, 0.15) is 23.8 Å². The van der Waals surface area contributed by atoms with Crippen LogP contribution in [-0.2, 0) is 0 Å². The number of aromatic nitrogens is 2. The van der Waals surface area contributed by atoms with Crippen molar-refractivity contribution in [2.45, 2.75) is 0 Å². The summed E-state index contributed by atoms with van der Waals surface area (Å²) in [6, 6.07) is 20.3. The van der Waals surface area contributed by atoms with Crippen molar-refractivity contribution >= 4 is 23.1 Å². The maximum Gasteiger partial charge on any atom is 0.255 e. The van der Waals surface area contributed by atoms with E-state index in [0.717, 1.165) is 11.3 Å². The number of amides is 1. The highest BCUT2D eigenvalue weighted by atomic mass is 19.1. The van der Waals surface area contributed by atoms with E-state index in [0.29, 0.717) is 22.8 Å². The van der Waals surface area contributed by atoms with Gasteiger partial charge in [-0.15, -0.1) is 0 Å². The van der Waals surface area contributed by atoms with E-state index in [-0.39, 0.29) is 11.7 Å². The first-order chi connectivity index (χ1) is 14.6. The van der Waals surface area contributed by atoms with Gasteiger partial charge in [0.2, 0.25) is 0 Å². The number of carbonyl (C=O) groups excluding carboxylic acids is 1. The molecule has 0 unspecified atom stereocenters.